The second-order valence-corrected chi connectivity index (χ2v) is 8.42. The summed E-state index contributed by atoms with van der Waals surface area (Å²) in [6.45, 7) is 4.05. The zero-order chi connectivity index (χ0) is 21.9. The lowest BCUT2D eigenvalue weighted by Gasteiger charge is -2.08. The van der Waals surface area contributed by atoms with E-state index in [-0.39, 0.29) is 10.0 Å². The topological polar surface area (TPSA) is 61.6 Å². The van der Waals surface area contributed by atoms with Gasteiger partial charge in [-0.3, -0.25) is 0 Å². The summed E-state index contributed by atoms with van der Waals surface area (Å²) >= 11 is 8.00. The Morgan fingerprint density at radius 3 is 2.60 bits per heavy atom. The van der Waals surface area contributed by atoms with Crippen molar-refractivity contribution in [1.29, 1.82) is 5.26 Å². The molecule has 0 radical (unpaired) electrons. The maximum Gasteiger partial charge on any atom is 0.417 e. The van der Waals surface area contributed by atoms with Crippen LogP contribution in [-0.2, 0) is 6.18 Å². The molecule has 2 aromatic heterocycles. The number of benzene rings is 1. The van der Waals surface area contributed by atoms with Crippen molar-refractivity contribution in [3.05, 3.63) is 68.8 Å². The van der Waals surface area contributed by atoms with E-state index >= 15 is 0 Å². The van der Waals surface area contributed by atoms with Crippen LogP contribution in [0, 0.1) is 25.2 Å². The van der Waals surface area contributed by atoms with Crippen molar-refractivity contribution in [2.24, 2.45) is 0 Å². The van der Waals surface area contributed by atoms with Gasteiger partial charge in [0.2, 0.25) is 0 Å². The fraction of sp³-hybridized carbons (Fsp3) is 0.150. The summed E-state index contributed by atoms with van der Waals surface area (Å²) in [5, 5.41) is 13.0. The Hall–Kier alpha value is -2.54. The van der Waals surface area contributed by atoms with Gasteiger partial charge < -0.3 is 5.32 Å². The third-order valence-electron chi connectivity index (χ3n) is 4.12. The Bertz CT molecular complexity index is 1150. The SMILES string of the molecule is Cc1ccc(NC=Cc2snc(Sc3ncc(C(F)(F)F)cc3Cl)c2C#N)cc1C. The van der Waals surface area contributed by atoms with Crippen molar-refractivity contribution in [3.8, 4) is 6.07 Å². The number of aryl methyl sites for hydroxylation is 2. The number of nitrogens with one attached hydrogen (secondary N) is 1. The average Bonchev–Trinajstić information content (AvgIpc) is 3.07. The summed E-state index contributed by atoms with van der Waals surface area (Å²) in [5.74, 6) is 0. The molecule has 0 aliphatic heterocycles. The number of halogens is 4. The van der Waals surface area contributed by atoms with E-state index in [1.165, 1.54) is 5.56 Å². The van der Waals surface area contributed by atoms with Crippen molar-refractivity contribution >= 4 is 46.7 Å². The second-order valence-electron chi connectivity index (χ2n) is 6.23. The average molecular weight is 467 g/mol. The molecule has 2 heterocycles. The smallest absolute Gasteiger partial charge is 0.362 e. The van der Waals surface area contributed by atoms with Crippen molar-refractivity contribution in [2.45, 2.75) is 30.1 Å². The summed E-state index contributed by atoms with van der Waals surface area (Å²) in [7, 11) is 0. The number of rotatable bonds is 5. The van der Waals surface area contributed by atoms with E-state index in [0.717, 1.165) is 40.6 Å². The van der Waals surface area contributed by atoms with E-state index in [4.69, 9.17) is 11.6 Å². The molecule has 0 fully saturated rings. The van der Waals surface area contributed by atoms with Crippen LogP contribution < -0.4 is 5.32 Å². The van der Waals surface area contributed by atoms with Crippen molar-refractivity contribution in [1.82, 2.24) is 9.36 Å². The van der Waals surface area contributed by atoms with Gasteiger partial charge in [-0.15, -0.1) is 0 Å². The Kier molecular flexibility index (Phi) is 6.71. The van der Waals surface area contributed by atoms with Gasteiger partial charge in [-0.1, -0.05) is 17.7 Å². The number of nitrogens with zero attached hydrogens (tertiary/aromatic N) is 3. The van der Waals surface area contributed by atoms with Crippen LogP contribution in [0.1, 0.15) is 27.1 Å². The highest BCUT2D eigenvalue weighted by Gasteiger charge is 2.31. The van der Waals surface area contributed by atoms with Gasteiger partial charge >= 0.3 is 6.18 Å². The van der Waals surface area contributed by atoms with Crippen LogP contribution in [0.3, 0.4) is 0 Å². The van der Waals surface area contributed by atoms with E-state index in [1.54, 1.807) is 12.3 Å². The van der Waals surface area contributed by atoms with Crippen LogP contribution in [0.25, 0.3) is 6.08 Å². The fourth-order valence-electron chi connectivity index (χ4n) is 2.37. The Morgan fingerprint density at radius 1 is 1.20 bits per heavy atom. The Morgan fingerprint density at radius 2 is 1.97 bits per heavy atom. The molecule has 1 aromatic carbocycles. The van der Waals surface area contributed by atoms with Crippen LogP contribution in [0.15, 0.2) is 46.7 Å². The quantitative estimate of drug-likeness (QED) is 0.441. The summed E-state index contributed by atoms with van der Waals surface area (Å²) < 4.78 is 42.5. The van der Waals surface area contributed by atoms with Crippen LogP contribution in [-0.4, -0.2) is 9.36 Å². The molecule has 1 N–H and O–H groups in total. The molecule has 0 saturated carbocycles. The third kappa shape index (κ3) is 5.14. The molecule has 3 aromatic rings. The largest absolute Gasteiger partial charge is 0.417 e. The molecule has 0 unspecified atom stereocenters. The first-order chi connectivity index (χ1) is 14.2. The van der Waals surface area contributed by atoms with Crippen LogP contribution in [0.5, 0.6) is 0 Å². The van der Waals surface area contributed by atoms with Gasteiger partial charge in [-0.05, 0) is 72.5 Å². The van der Waals surface area contributed by atoms with Gasteiger partial charge in [-0.2, -0.15) is 22.8 Å². The number of hydrogen-bond acceptors (Lipinski definition) is 6. The van der Waals surface area contributed by atoms with Gasteiger partial charge in [0.05, 0.1) is 15.5 Å². The number of alkyl halides is 3. The molecule has 30 heavy (non-hydrogen) atoms. The fourth-order valence-corrected chi connectivity index (χ4v) is 4.31. The molecule has 0 spiro atoms. The molecule has 10 heteroatoms. The minimum absolute atomic E-state index is 0.148. The number of anilines is 1. The van der Waals surface area contributed by atoms with Crippen LogP contribution in [0.2, 0.25) is 5.02 Å². The van der Waals surface area contributed by atoms with Gasteiger partial charge in [-0.25, -0.2) is 4.98 Å². The number of pyridine rings is 1. The van der Waals surface area contributed by atoms with Crippen LogP contribution >= 0.6 is 34.9 Å². The first-order valence-electron chi connectivity index (χ1n) is 8.49. The predicted octanol–water partition coefficient (Wildman–Crippen LogP) is 6.93. The lowest BCUT2D eigenvalue weighted by atomic mass is 10.1. The number of hydrogen-bond donors (Lipinski definition) is 1. The number of aromatic nitrogens is 2. The van der Waals surface area contributed by atoms with Gasteiger partial charge in [0, 0.05) is 18.1 Å². The summed E-state index contributed by atoms with van der Waals surface area (Å²) in [4.78, 5) is 4.39. The summed E-state index contributed by atoms with van der Waals surface area (Å²) in [6, 6.07) is 8.86. The second kappa shape index (κ2) is 9.08. The maximum absolute atomic E-state index is 12.8. The minimum Gasteiger partial charge on any atom is -0.362 e. The van der Waals surface area contributed by atoms with E-state index in [0.29, 0.717) is 21.7 Å². The highest BCUT2D eigenvalue weighted by atomic mass is 35.5. The zero-order valence-corrected chi connectivity index (χ0v) is 18.1. The molecule has 0 aliphatic carbocycles. The van der Waals surface area contributed by atoms with E-state index in [9.17, 15) is 18.4 Å². The standard InChI is InChI=1S/C20H14ClF3N4S2/c1-11-3-4-14(7-12(11)2)26-6-5-17-15(9-25)18(28-30-17)29-19-16(21)8-13(10-27-19)20(22,23)24/h3-8,10,26H,1-2H3. The van der Waals surface area contributed by atoms with Gasteiger partial charge in [0.1, 0.15) is 21.7 Å². The van der Waals surface area contributed by atoms with E-state index in [2.05, 4.69) is 20.7 Å². The molecule has 0 amide bonds. The first-order valence-corrected chi connectivity index (χ1v) is 10.5. The first kappa shape index (κ1) is 22.2. The molecule has 3 rings (SSSR count). The lowest BCUT2D eigenvalue weighted by Crippen LogP contribution is -2.05. The molecule has 0 aliphatic rings. The highest BCUT2D eigenvalue weighted by Crippen LogP contribution is 2.38. The summed E-state index contributed by atoms with van der Waals surface area (Å²) in [6.07, 6.45) is -0.395. The van der Waals surface area contributed by atoms with Crippen LogP contribution in [0.4, 0.5) is 18.9 Å². The summed E-state index contributed by atoms with van der Waals surface area (Å²) in [5.41, 5.74) is 2.63. The molecule has 154 valence electrons. The Balaban J connectivity index is 1.77. The lowest BCUT2D eigenvalue weighted by molar-refractivity contribution is -0.137. The zero-order valence-electron chi connectivity index (χ0n) is 15.7. The molecular weight excluding hydrogens is 453 g/mol. The predicted molar refractivity (Wildman–Crippen MR) is 114 cm³/mol. The van der Waals surface area contributed by atoms with Gasteiger partial charge in [0.25, 0.3) is 0 Å². The minimum atomic E-state index is -4.53. The third-order valence-corrected chi connectivity index (χ3v) is 6.45. The van der Waals surface area contributed by atoms with Crippen molar-refractivity contribution in [3.63, 3.8) is 0 Å². The highest BCUT2D eigenvalue weighted by molar-refractivity contribution is 7.99. The molecule has 0 atom stereocenters. The Labute approximate surface area is 184 Å². The molecule has 0 saturated heterocycles. The monoisotopic (exact) mass is 466 g/mol. The molecular formula is C20H14ClF3N4S2. The molecule has 4 nitrogen and oxygen atoms in total. The van der Waals surface area contributed by atoms with Crippen molar-refractivity contribution in [2.75, 3.05) is 5.32 Å². The van der Waals surface area contributed by atoms with E-state index in [1.807, 2.05) is 32.0 Å². The normalized spacial score (nSPS) is 11.6. The number of nitriles is 1. The van der Waals surface area contributed by atoms with Crippen molar-refractivity contribution < 1.29 is 13.2 Å². The van der Waals surface area contributed by atoms with E-state index < -0.39 is 11.7 Å². The van der Waals surface area contributed by atoms with Gasteiger partial charge in [0.15, 0.2) is 0 Å². The molecule has 0 bridgehead atoms. The maximum atomic E-state index is 12.8.